The van der Waals surface area contributed by atoms with E-state index in [2.05, 4.69) is 15.0 Å². The number of hydrogen-bond donors (Lipinski definition) is 2. The SMILES string of the molecule is O=S(=O)(O)C1=COON=C1S(=O)(=O)O. The lowest BCUT2D eigenvalue weighted by Crippen LogP contribution is -2.24. The molecule has 0 saturated carbocycles. The van der Waals surface area contributed by atoms with Gasteiger partial charge in [-0.15, -0.1) is 0 Å². The predicted molar refractivity (Wildman–Crippen MR) is 40.8 cm³/mol. The van der Waals surface area contributed by atoms with Gasteiger partial charge in [0, 0.05) is 0 Å². The highest BCUT2D eigenvalue weighted by molar-refractivity contribution is 8.05. The van der Waals surface area contributed by atoms with Crippen LogP contribution in [0.2, 0.25) is 0 Å². The summed E-state index contributed by atoms with van der Waals surface area (Å²) in [5.41, 5.74) is 0. The second kappa shape index (κ2) is 3.20. The maximum Gasteiger partial charge on any atom is 0.317 e. The van der Waals surface area contributed by atoms with Crippen LogP contribution in [0.5, 0.6) is 0 Å². The first-order valence-corrected chi connectivity index (χ1v) is 5.67. The highest BCUT2D eigenvalue weighted by Crippen LogP contribution is 2.15. The zero-order chi connectivity index (χ0) is 11.0. The van der Waals surface area contributed by atoms with Crippen molar-refractivity contribution in [2.45, 2.75) is 0 Å². The number of nitrogens with zero attached hydrogens (tertiary/aromatic N) is 1. The van der Waals surface area contributed by atoms with Crippen molar-refractivity contribution in [3.63, 3.8) is 0 Å². The Morgan fingerprint density at radius 3 is 2.07 bits per heavy atom. The van der Waals surface area contributed by atoms with Crippen molar-refractivity contribution in [2.24, 2.45) is 5.16 Å². The summed E-state index contributed by atoms with van der Waals surface area (Å²) < 4.78 is 59.1. The third kappa shape index (κ3) is 2.20. The fourth-order valence-corrected chi connectivity index (χ4v) is 2.04. The molecule has 80 valence electrons. The van der Waals surface area contributed by atoms with Gasteiger partial charge in [0.25, 0.3) is 5.04 Å². The first-order valence-electron chi connectivity index (χ1n) is 2.79. The van der Waals surface area contributed by atoms with Gasteiger partial charge < -0.3 is 0 Å². The quantitative estimate of drug-likeness (QED) is 0.437. The zero-order valence-corrected chi connectivity index (χ0v) is 7.82. The third-order valence-electron chi connectivity index (χ3n) is 1.05. The minimum absolute atomic E-state index is 0.269. The summed E-state index contributed by atoms with van der Waals surface area (Å²) in [4.78, 5) is 6.38. The Kier molecular flexibility index (Phi) is 2.49. The van der Waals surface area contributed by atoms with E-state index in [1.54, 1.807) is 0 Å². The van der Waals surface area contributed by atoms with Crippen molar-refractivity contribution in [3.05, 3.63) is 11.2 Å². The summed E-state index contributed by atoms with van der Waals surface area (Å²) in [5.74, 6) is 0. The van der Waals surface area contributed by atoms with Gasteiger partial charge in [-0.05, 0) is 5.16 Å². The van der Waals surface area contributed by atoms with Crippen molar-refractivity contribution in [3.8, 4) is 0 Å². The van der Waals surface area contributed by atoms with Crippen molar-refractivity contribution in [1.82, 2.24) is 0 Å². The molecule has 0 amide bonds. The molecule has 2 N–H and O–H groups in total. The Morgan fingerprint density at radius 1 is 1.14 bits per heavy atom. The van der Waals surface area contributed by atoms with Crippen LogP contribution < -0.4 is 0 Å². The molecule has 0 spiro atoms. The van der Waals surface area contributed by atoms with Crippen molar-refractivity contribution in [2.75, 3.05) is 0 Å². The van der Waals surface area contributed by atoms with Crippen LogP contribution >= 0.6 is 0 Å². The lowest BCUT2D eigenvalue weighted by molar-refractivity contribution is -0.251. The second-order valence-corrected chi connectivity index (χ2v) is 4.73. The highest BCUT2D eigenvalue weighted by Gasteiger charge is 2.34. The summed E-state index contributed by atoms with van der Waals surface area (Å²) in [7, 11) is -9.79. The summed E-state index contributed by atoms with van der Waals surface area (Å²) in [6.07, 6.45) is 0.269. The van der Waals surface area contributed by atoms with Crippen molar-refractivity contribution >= 4 is 25.3 Å². The predicted octanol–water partition coefficient (Wildman–Crippen LogP) is -1.12. The monoisotopic (exact) mass is 245 g/mol. The first kappa shape index (κ1) is 10.9. The lowest BCUT2D eigenvalue weighted by atomic mass is 10.7. The molecule has 0 aromatic rings. The van der Waals surface area contributed by atoms with E-state index in [0.29, 0.717) is 0 Å². The summed E-state index contributed by atoms with van der Waals surface area (Å²) in [6.45, 7) is 0. The largest absolute Gasteiger partial charge is 0.317 e. The van der Waals surface area contributed by atoms with Gasteiger partial charge in [-0.2, -0.15) is 21.8 Å². The van der Waals surface area contributed by atoms with Gasteiger partial charge in [0.15, 0.2) is 11.2 Å². The zero-order valence-electron chi connectivity index (χ0n) is 6.18. The molecule has 11 heteroatoms. The topological polar surface area (TPSA) is 140 Å². The number of rotatable bonds is 1. The van der Waals surface area contributed by atoms with Crippen LogP contribution in [0.25, 0.3) is 0 Å². The van der Waals surface area contributed by atoms with Crippen LogP contribution in [0.4, 0.5) is 0 Å². The minimum Gasteiger partial charge on any atom is -0.282 e. The molecule has 0 radical (unpaired) electrons. The smallest absolute Gasteiger partial charge is 0.282 e. The van der Waals surface area contributed by atoms with Gasteiger partial charge in [-0.3, -0.25) is 14.0 Å². The van der Waals surface area contributed by atoms with E-state index < -0.39 is 30.2 Å². The van der Waals surface area contributed by atoms with Gasteiger partial charge in [0.05, 0.1) is 0 Å². The molecule has 1 aliphatic rings. The molecule has 0 unspecified atom stereocenters. The van der Waals surface area contributed by atoms with Crippen LogP contribution in [-0.2, 0) is 30.1 Å². The minimum atomic E-state index is -4.92. The Labute approximate surface area is 78.0 Å². The van der Waals surface area contributed by atoms with E-state index in [0.717, 1.165) is 0 Å². The molecule has 0 bridgehead atoms. The molecule has 14 heavy (non-hydrogen) atoms. The van der Waals surface area contributed by atoms with E-state index in [-0.39, 0.29) is 6.26 Å². The Balaban J connectivity index is 3.34. The van der Waals surface area contributed by atoms with Gasteiger partial charge in [-0.25, -0.2) is 0 Å². The van der Waals surface area contributed by atoms with Crippen LogP contribution in [0, 0.1) is 0 Å². The van der Waals surface area contributed by atoms with Crippen molar-refractivity contribution in [1.29, 1.82) is 0 Å². The van der Waals surface area contributed by atoms with Crippen LogP contribution in [0.1, 0.15) is 0 Å². The Hall–Kier alpha value is -1.17. The van der Waals surface area contributed by atoms with Crippen LogP contribution in [0.3, 0.4) is 0 Å². The molecular formula is C3H3NO8S2. The van der Waals surface area contributed by atoms with Crippen LogP contribution in [0.15, 0.2) is 16.3 Å². The molecule has 1 aliphatic heterocycles. The summed E-state index contributed by atoms with van der Waals surface area (Å²) in [5, 5.41) is 1.24. The lowest BCUT2D eigenvalue weighted by Gasteiger charge is -2.07. The van der Waals surface area contributed by atoms with Gasteiger partial charge in [0.1, 0.15) is 0 Å². The van der Waals surface area contributed by atoms with E-state index in [4.69, 9.17) is 9.11 Å². The van der Waals surface area contributed by atoms with Gasteiger partial charge >= 0.3 is 20.2 Å². The fourth-order valence-electron chi connectivity index (χ4n) is 0.561. The van der Waals surface area contributed by atoms with E-state index >= 15 is 0 Å². The van der Waals surface area contributed by atoms with E-state index in [9.17, 15) is 16.8 Å². The molecule has 0 atom stereocenters. The highest BCUT2D eigenvalue weighted by atomic mass is 32.2. The summed E-state index contributed by atoms with van der Waals surface area (Å²) in [6, 6.07) is 0. The molecule has 0 aromatic heterocycles. The molecule has 1 rings (SSSR count). The molecule has 0 fully saturated rings. The van der Waals surface area contributed by atoms with E-state index in [1.807, 2.05) is 0 Å². The number of hydrogen-bond acceptors (Lipinski definition) is 7. The van der Waals surface area contributed by atoms with Crippen molar-refractivity contribution < 1.29 is 35.8 Å². The average molecular weight is 245 g/mol. The Morgan fingerprint density at radius 2 is 1.71 bits per heavy atom. The fraction of sp³-hybridized carbons (Fsp3) is 0. The molecular weight excluding hydrogens is 242 g/mol. The number of oxime groups is 1. The summed E-state index contributed by atoms with van der Waals surface area (Å²) >= 11 is 0. The Bertz CT molecular complexity index is 447. The van der Waals surface area contributed by atoms with E-state index in [1.165, 1.54) is 0 Å². The second-order valence-electron chi connectivity index (χ2n) is 2.00. The molecule has 0 aliphatic carbocycles. The maximum absolute atomic E-state index is 10.5. The maximum atomic E-state index is 10.5. The standard InChI is InChI=1S/C3H3NO8S2/c5-13(6,7)2-1-11-12-4-3(2)14(8,9)10/h1H,(H,5,6,7)(H,8,9,10). The van der Waals surface area contributed by atoms with Crippen LogP contribution in [-0.4, -0.2) is 31.0 Å². The average Bonchev–Trinajstić information content (AvgIpc) is 2.01. The normalized spacial score (nSPS) is 17.6. The molecule has 9 nitrogen and oxygen atoms in total. The van der Waals surface area contributed by atoms with Gasteiger partial charge in [-0.1, -0.05) is 0 Å². The third-order valence-corrected chi connectivity index (χ3v) is 2.81. The molecule has 1 heterocycles. The van der Waals surface area contributed by atoms with Gasteiger partial charge in [0.2, 0.25) is 0 Å². The first-order chi connectivity index (χ1) is 6.23. The molecule has 0 saturated heterocycles. The molecule has 0 aromatic carbocycles.